The van der Waals surface area contributed by atoms with Gasteiger partial charge < -0.3 is 20.1 Å². The van der Waals surface area contributed by atoms with Crippen molar-refractivity contribution in [1.29, 1.82) is 0 Å². The number of rotatable bonds is 9. The van der Waals surface area contributed by atoms with Gasteiger partial charge in [0.05, 0.1) is 47.8 Å². The molecule has 6 aromatic rings. The van der Waals surface area contributed by atoms with Crippen molar-refractivity contribution in [1.82, 2.24) is 20.6 Å². The molecule has 4 aromatic carbocycles. The van der Waals surface area contributed by atoms with E-state index in [9.17, 15) is 9.59 Å². The van der Waals surface area contributed by atoms with Crippen LogP contribution in [0, 0.1) is 0 Å². The zero-order valence-corrected chi connectivity index (χ0v) is 24.3. The molecule has 2 aromatic heterocycles. The molecule has 2 heterocycles. The third-order valence-electron chi connectivity index (χ3n) is 7.39. The lowest BCUT2D eigenvalue weighted by Gasteiger charge is -2.13. The van der Waals surface area contributed by atoms with Gasteiger partial charge in [-0.05, 0) is 72.8 Å². The van der Waals surface area contributed by atoms with Gasteiger partial charge in [-0.2, -0.15) is 0 Å². The number of hydrogen-bond acceptors (Lipinski definition) is 6. The second-order valence-electron chi connectivity index (χ2n) is 10.1. The number of hydrogen-bond donors (Lipinski definition) is 2. The van der Waals surface area contributed by atoms with Gasteiger partial charge in [0.25, 0.3) is 11.8 Å². The fourth-order valence-electron chi connectivity index (χ4n) is 5.09. The molecule has 0 aliphatic rings. The minimum atomic E-state index is -0.247. The van der Waals surface area contributed by atoms with Crippen LogP contribution >= 0.6 is 0 Å². The number of ether oxygens (including phenoxy) is 2. The van der Waals surface area contributed by atoms with E-state index in [1.54, 1.807) is 26.4 Å². The molecule has 0 aliphatic carbocycles. The van der Waals surface area contributed by atoms with E-state index in [-0.39, 0.29) is 24.9 Å². The summed E-state index contributed by atoms with van der Waals surface area (Å²) >= 11 is 0. The van der Waals surface area contributed by atoms with Crippen LogP contribution in [0.15, 0.2) is 109 Å². The number of benzene rings is 4. The van der Waals surface area contributed by atoms with Gasteiger partial charge in [0, 0.05) is 35.0 Å². The zero-order valence-electron chi connectivity index (χ0n) is 24.3. The van der Waals surface area contributed by atoms with Gasteiger partial charge in [0.2, 0.25) is 0 Å². The summed E-state index contributed by atoms with van der Waals surface area (Å²) in [6.45, 7) is 0.487. The number of carbonyl (C=O) groups is 2. The zero-order chi connectivity index (χ0) is 30.5. The Bertz CT molecular complexity index is 1830. The number of carbonyl (C=O) groups excluding carboxylic acids is 2. The number of pyridine rings is 2. The van der Waals surface area contributed by atoms with Crippen molar-refractivity contribution >= 4 is 33.6 Å². The monoisotopic (exact) mass is 582 g/mol. The van der Waals surface area contributed by atoms with Crippen LogP contribution < -0.4 is 20.1 Å². The molecule has 8 heteroatoms. The first-order valence-electron chi connectivity index (χ1n) is 14.2. The average Bonchev–Trinajstić information content (AvgIpc) is 3.09. The Morgan fingerprint density at radius 1 is 0.568 bits per heavy atom. The van der Waals surface area contributed by atoms with Gasteiger partial charge in [0.15, 0.2) is 0 Å². The van der Waals surface area contributed by atoms with Crippen LogP contribution in [0.3, 0.4) is 0 Å². The molecule has 2 N–H and O–H groups in total. The largest absolute Gasteiger partial charge is 0.497 e. The lowest BCUT2D eigenvalue weighted by molar-refractivity contribution is 0.0929. The molecule has 0 fully saturated rings. The van der Waals surface area contributed by atoms with Crippen molar-refractivity contribution in [3.8, 4) is 34.0 Å². The molecular weight excluding hydrogens is 552 g/mol. The number of para-hydroxylation sites is 2. The fraction of sp³-hybridized carbons (Fsp3) is 0.111. The molecule has 218 valence electrons. The summed E-state index contributed by atoms with van der Waals surface area (Å²) < 4.78 is 10.5. The van der Waals surface area contributed by atoms with Crippen LogP contribution in [0.25, 0.3) is 44.3 Å². The third-order valence-corrected chi connectivity index (χ3v) is 7.39. The van der Waals surface area contributed by atoms with E-state index in [0.717, 1.165) is 44.4 Å². The first-order chi connectivity index (χ1) is 21.5. The molecule has 0 radical (unpaired) electrons. The highest BCUT2D eigenvalue weighted by Gasteiger charge is 2.16. The van der Waals surface area contributed by atoms with E-state index in [2.05, 4.69) is 10.6 Å². The molecule has 0 spiro atoms. The van der Waals surface area contributed by atoms with Crippen molar-refractivity contribution in [3.63, 3.8) is 0 Å². The van der Waals surface area contributed by atoms with Crippen LogP contribution in [0.4, 0.5) is 0 Å². The van der Waals surface area contributed by atoms with Gasteiger partial charge in [-0.25, -0.2) is 9.97 Å². The van der Waals surface area contributed by atoms with Crippen molar-refractivity contribution in [2.75, 3.05) is 27.3 Å². The SMILES string of the molecule is COc1ccc(-c2cc(C(=O)NCCNC(=O)c3cc(-c4ccc(OC)cc4)nc4ccccc34)c3ccccc3n2)cc1. The maximum atomic E-state index is 13.4. The first kappa shape index (κ1) is 28.4. The molecule has 0 bridgehead atoms. The molecule has 8 nitrogen and oxygen atoms in total. The summed E-state index contributed by atoms with van der Waals surface area (Å²) in [5.74, 6) is 0.991. The Morgan fingerprint density at radius 2 is 0.955 bits per heavy atom. The number of fused-ring (bicyclic) bond motifs is 2. The quantitative estimate of drug-likeness (QED) is 0.194. The number of aromatic nitrogens is 2. The molecule has 0 saturated heterocycles. The summed E-state index contributed by atoms with van der Waals surface area (Å²) in [6.07, 6.45) is 0. The second kappa shape index (κ2) is 12.6. The average molecular weight is 583 g/mol. The predicted octanol–water partition coefficient (Wildman–Crippen LogP) is 6.29. The topological polar surface area (TPSA) is 102 Å². The molecule has 6 rings (SSSR count). The number of amides is 2. The fourth-order valence-corrected chi connectivity index (χ4v) is 5.09. The van der Waals surface area contributed by atoms with Crippen LogP contribution in [-0.4, -0.2) is 49.1 Å². The lowest BCUT2D eigenvalue weighted by atomic mass is 10.0. The molecule has 0 aliphatic heterocycles. The summed E-state index contributed by atoms with van der Waals surface area (Å²) in [7, 11) is 3.24. The van der Waals surface area contributed by atoms with Crippen LogP contribution in [0.2, 0.25) is 0 Å². The van der Waals surface area contributed by atoms with Gasteiger partial charge >= 0.3 is 0 Å². The van der Waals surface area contributed by atoms with E-state index < -0.39 is 0 Å². The Kier molecular flexibility index (Phi) is 8.14. The third kappa shape index (κ3) is 5.91. The Hall–Kier alpha value is -5.76. The number of methoxy groups -OCH3 is 2. The highest BCUT2D eigenvalue weighted by molar-refractivity contribution is 6.08. The molecule has 44 heavy (non-hydrogen) atoms. The van der Waals surface area contributed by atoms with E-state index >= 15 is 0 Å². The predicted molar refractivity (Wildman–Crippen MR) is 172 cm³/mol. The van der Waals surface area contributed by atoms with E-state index in [0.29, 0.717) is 22.5 Å². The summed E-state index contributed by atoms with van der Waals surface area (Å²) in [5.41, 5.74) is 5.57. The van der Waals surface area contributed by atoms with Crippen LogP contribution in [0.1, 0.15) is 20.7 Å². The standard InChI is InChI=1S/C36H30N4O4/c1-43-25-15-11-23(12-16-25)33-21-29(27-7-3-5-9-31(27)39-33)35(41)37-19-20-38-36(42)30-22-34(24-13-17-26(44-2)18-14-24)40-32-10-6-4-8-28(30)32/h3-18,21-22H,19-20H2,1-2H3,(H,37,41)(H,38,42). The maximum Gasteiger partial charge on any atom is 0.252 e. The normalized spacial score (nSPS) is 10.9. The molecule has 2 amide bonds. The van der Waals surface area contributed by atoms with Crippen LogP contribution in [-0.2, 0) is 0 Å². The Morgan fingerprint density at radius 3 is 1.34 bits per heavy atom. The lowest BCUT2D eigenvalue weighted by Crippen LogP contribution is -2.35. The van der Waals surface area contributed by atoms with Gasteiger partial charge in [-0.15, -0.1) is 0 Å². The Labute approximate surface area is 254 Å². The molecule has 0 atom stereocenters. The van der Waals surface area contributed by atoms with E-state index in [1.807, 2.05) is 97.1 Å². The summed E-state index contributed by atoms with van der Waals surface area (Å²) in [4.78, 5) is 36.3. The summed E-state index contributed by atoms with van der Waals surface area (Å²) in [5, 5.41) is 7.41. The van der Waals surface area contributed by atoms with E-state index in [1.165, 1.54) is 0 Å². The smallest absolute Gasteiger partial charge is 0.252 e. The molecule has 0 saturated carbocycles. The highest BCUT2D eigenvalue weighted by Crippen LogP contribution is 2.28. The van der Waals surface area contributed by atoms with Gasteiger partial charge in [-0.3, -0.25) is 9.59 Å². The van der Waals surface area contributed by atoms with Gasteiger partial charge in [-0.1, -0.05) is 36.4 Å². The summed E-state index contributed by atoms with van der Waals surface area (Å²) in [6, 6.07) is 33.8. The van der Waals surface area contributed by atoms with Crippen LogP contribution in [0.5, 0.6) is 11.5 Å². The van der Waals surface area contributed by atoms with Gasteiger partial charge in [0.1, 0.15) is 11.5 Å². The Balaban J connectivity index is 1.18. The van der Waals surface area contributed by atoms with Crippen molar-refractivity contribution in [2.24, 2.45) is 0 Å². The van der Waals surface area contributed by atoms with Crippen molar-refractivity contribution < 1.29 is 19.1 Å². The van der Waals surface area contributed by atoms with Crippen molar-refractivity contribution in [3.05, 3.63) is 120 Å². The minimum absolute atomic E-state index is 0.243. The number of nitrogens with zero attached hydrogens (tertiary/aromatic N) is 2. The van der Waals surface area contributed by atoms with E-state index in [4.69, 9.17) is 19.4 Å². The first-order valence-corrected chi connectivity index (χ1v) is 14.2. The maximum absolute atomic E-state index is 13.4. The molecule has 0 unspecified atom stereocenters. The minimum Gasteiger partial charge on any atom is -0.497 e. The second-order valence-corrected chi connectivity index (χ2v) is 10.1. The van der Waals surface area contributed by atoms with Crippen molar-refractivity contribution in [2.45, 2.75) is 0 Å². The highest BCUT2D eigenvalue weighted by atomic mass is 16.5. The molecular formula is C36H30N4O4. The number of nitrogens with one attached hydrogen (secondary N) is 2.